The summed E-state index contributed by atoms with van der Waals surface area (Å²) in [5.74, 6) is -0.494. The molecule has 21 heavy (non-hydrogen) atoms. The van der Waals surface area contributed by atoms with Crippen molar-refractivity contribution in [1.29, 1.82) is 0 Å². The third-order valence-electron chi connectivity index (χ3n) is 3.25. The number of carboxylic acids is 1. The van der Waals surface area contributed by atoms with E-state index in [1.165, 1.54) is 6.07 Å². The van der Waals surface area contributed by atoms with Crippen LogP contribution in [0.2, 0.25) is 0 Å². The minimum atomic E-state index is -1.06. The Balaban J connectivity index is 2.52. The van der Waals surface area contributed by atoms with Crippen LogP contribution in [0.5, 0.6) is 5.75 Å². The van der Waals surface area contributed by atoms with Crippen LogP contribution in [0, 0.1) is 6.92 Å². The summed E-state index contributed by atoms with van der Waals surface area (Å²) in [5.41, 5.74) is 2.00. The van der Waals surface area contributed by atoms with Gasteiger partial charge in [-0.3, -0.25) is 0 Å². The average molecular weight is 286 g/mol. The Hall–Kier alpha value is -2.33. The van der Waals surface area contributed by atoms with Crippen molar-refractivity contribution in [1.82, 2.24) is 0 Å². The first kappa shape index (κ1) is 15.1. The Morgan fingerprint density at radius 1 is 1.19 bits per heavy atom. The molecule has 110 valence electrons. The highest BCUT2D eigenvalue weighted by molar-refractivity contribution is 5.89. The summed E-state index contributed by atoms with van der Waals surface area (Å²) in [5, 5.41) is 19.9. The van der Waals surface area contributed by atoms with Gasteiger partial charge in [0.1, 0.15) is 11.9 Å². The Kier molecular flexibility index (Phi) is 4.60. The molecule has 2 rings (SSSR count). The number of benzene rings is 2. The molecule has 0 fully saturated rings. The van der Waals surface area contributed by atoms with E-state index in [9.17, 15) is 15.0 Å². The number of aliphatic hydroxyl groups is 1. The lowest BCUT2D eigenvalue weighted by Gasteiger charge is -2.18. The molecule has 0 amide bonds. The summed E-state index contributed by atoms with van der Waals surface area (Å²) >= 11 is 0. The van der Waals surface area contributed by atoms with Gasteiger partial charge in [-0.2, -0.15) is 0 Å². The lowest BCUT2D eigenvalue weighted by molar-refractivity contribution is 0.0691. The SMILES string of the molecule is CCOc1ccc(C)cc1C(O)c1ccccc1C(=O)O. The predicted octanol–water partition coefficient (Wildman–Crippen LogP) is 3.17. The molecule has 0 spiro atoms. The van der Waals surface area contributed by atoms with Crippen LogP contribution in [0.25, 0.3) is 0 Å². The summed E-state index contributed by atoms with van der Waals surface area (Å²) in [7, 11) is 0. The monoisotopic (exact) mass is 286 g/mol. The first-order valence-corrected chi connectivity index (χ1v) is 6.78. The number of hydrogen-bond acceptors (Lipinski definition) is 3. The first-order valence-electron chi connectivity index (χ1n) is 6.78. The van der Waals surface area contributed by atoms with Crippen molar-refractivity contribution < 1.29 is 19.7 Å². The third-order valence-corrected chi connectivity index (χ3v) is 3.25. The largest absolute Gasteiger partial charge is 0.493 e. The van der Waals surface area contributed by atoms with Gasteiger partial charge in [0.25, 0.3) is 0 Å². The fourth-order valence-electron chi connectivity index (χ4n) is 2.27. The summed E-state index contributed by atoms with van der Waals surface area (Å²) < 4.78 is 5.53. The molecular formula is C17H18O4. The minimum Gasteiger partial charge on any atom is -0.493 e. The van der Waals surface area contributed by atoms with Gasteiger partial charge in [-0.15, -0.1) is 0 Å². The van der Waals surface area contributed by atoms with Crippen molar-refractivity contribution in [3.8, 4) is 5.75 Å². The second-order valence-electron chi connectivity index (χ2n) is 4.77. The molecule has 0 heterocycles. The van der Waals surface area contributed by atoms with Crippen LogP contribution in [0.3, 0.4) is 0 Å². The highest BCUT2D eigenvalue weighted by Gasteiger charge is 2.21. The Morgan fingerprint density at radius 3 is 2.57 bits per heavy atom. The van der Waals surface area contributed by atoms with E-state index in [0.717, 1.165) is 5.56 Å². The van der Waals surface area contributed by atoms with E-state index in [4.69, 9.17) is 4.74 Å². The average Bonchev–Trinajstić information content (AvgIpc) is 2.48. The molecule has 0 bridgehead atoms. The topological polar surface area (TPSA) is 66.8 Å². The molecule has 1 atom stereocenters. The summed E-state index contributed by atoms with van der Waals surface area (Å²) in [6, 6.07) is 11.9. The zero-order valence-corrected chi connectivity index (χ0v) is 12.0. The molecule has 2 aromatic carbocycles. The zero-order chi connectivity index (χ0) is 15.4. The maximum absolute atomic E-state index is 11.3. The van der Waals surface area contributed by atoms with Crippen molar-refractivity contribution in [2.24, 2.45) is 0 Å². The lowest BCUT2D eigenvalue weighted by atomic mass is 9.95. The molecule has 0 aliphatic rings. The Bertz CT molecular complexity index is 649. The van der Waals surface area contributed by atoms with Crippen LogP contribution in [0.15, 0.2) is 42.5 Å². The molecule has 0 saturated heterocycles. The van der Waals surface area contributed by atoms with Crippen molar-refractivity contribution in [2.45, 2.75) is 20.0 Å². The lowest BCUT2D eigenvalue weighted by Crippen LogP contribution is -2.10. The molecule has 0 saturated carbocycles. The van der Waals surface area contributed by atoms with Crippen LogP contribution in [-0.4, -0.2) is 22.8 Å². The predicted molar refractivity (Wildman–Crippen MR) is 79.8 cm³/mol. The second-order valence-corrected chi connectivity index (χ2v) is 4.77. The number of ether oxygens (including phenoxy) is 1. The quantitative estimate of drug-likeness (QED) is 0.886. The van der Waals surface area contributed by atoms with Crippen molar-refractivity contribution >= 4 is 5.97 Å². The van der Waals surface area contributed by atoms with Crippen molar-refractivity contribution in [2.75, 3.05) is 6.61 Å². The van der Waals surface area contributed by atoms with E-state index in [2.05, 4.69) is 0 Å². The first-order chi connectivity index (χ1) is 10.0. The van der Waals surface area contributed by atoms with E-state index in [1.54, 1.807) is 24.3 Å². The van der Waals surface area contributed by atoms with E-state index in [1.807, 2.05) is 26.0 Å². The van der Waals surface area contributed by atoms with Gasteiger partial charge in [0.15, 0.2) is 0 Å². The second kappa shape index (κ2) is 6.41. The minimum absolute atomic E-state index is 0.0916. The van der Waals surface area contributed by atoms with Gasteiger partial charge < -0.3 is 14.9 Å². The maximum atomic E-state index is 11.3. The van der Waals surface area contributed by atoms with Crippen LogP contribution in [0.4, 0.5) is 0 Å². The van der Waals surface area contributed by atoms with Crippen LogP contribution >= 0.6 is 0 Å². The number of carboxylic acid groups (broad SMARTS) is 1. The number of aryl methyl sites for hydroxylation is 1. The number of rotatable bonds is 5. The fraction of sp³-hybridized carbons (Fsp3) is 0.235. The van der Waals surface area contributed by atoms with Gasteiger partial charge in [-0.05, 0) is 37.6 Å². The van der Waals surface area contributed by atoms with Crippen LogP contribution in [-0.2, 0) is 0 Å². The highest BCUT2D eigenvalue weighted by Crippen LogP contribution is 2.32. The van der Waals surface area contributed by atoms with Gasteiger partial charge in [-0.25, -0.2) is 4.79 Å². The molecule has 2 N–H and O–H groups in total. The molecule has 0 aromatic heterocycles. The van der Waals surface area contributed by atoms with Gasteiger partial charge in [0.2, 0.25) is 0 Å². The fourth-order valence-corrected chi connectivity index (χ4v) is 2.27. The van der Waals surface area contributed by atoms with Crippen molar-refractivity contribution in [3.05, 3.63) is 64.7 Å². The number of carbonyl (C=O) groups is 1. The smallest absolute Gasteiger partial charge is 0.336 e. The molecule has 0 aliphatic heterocycles. The number of hydrogen-bond donors (Lipinski definition) is 2. The standard InChI is InChI=1S/C17H18O4/c1-3-21-15-9-8-11(2)10-14(15)16(18)12-6-4-5-7-13(12)17(19)20/h4-10,16,18H,3H2,1-2H3,(H,19,20). The van der Waals surface area contributed by atoms with E-state index in [-0.39, 0.29) is 5.56 Å². The Morgan fingerprint density at radius 2 is 1.90 bits per heavy atom. The maximum Gasteiger partial charge on any atom is 0.336 e. The van der Waals surface area contributed by atoms with E-state index in [0.29, 0.717) is 23.5 Å². The van der Waals surface area contributed by atoms with Gasteiger partial charge in [-0.1, -0.05) is 29.8 Å². The number of aliphatic hydroxyl groups excluding tert-OH is 1. The molecule has 0 radical (unpaired) electrons. The third kappa shape index (κ3) is 3.23. The molecular weight excluding hydrogens is 268 g/mol. The molecule has 0 aliphatic carbocycles. The number of aromatic carboxylic acids is 1. The normalized spacial score (nSPS) is 12.0. The van der Waals surface area contributed by atoms with Crippen molar-refractivity contribution in [3.63, 3.8) is 0 Å². The van der Waals surface area contributed by atoms with Gasteiger partial charge in [0, 0.05) is 5.56 Å². The van der Waals surface area contributed by atoms with Gasteiger partial charge in [0.05, 0.1) is 12.2 Å². The Labute approximate surface area is 123 Å². The molecule has 4 nitrogen and oxygen atoms in total. The van der Waals surface area contributed by atoms with Gasteiger partial charge >= 0.3 is 5.97 Å². The summed E-state index contributed by atoms with van der Waals surface area (Å²) in [6.07, 6.45) is -1.04. The van der Waals surface area contributed by atoms with Crippen LogP contribution < -0.4 is 4.74 Å². The molecule has 4 heteroatoms. The van der Waals surface area contributed by atoms with Crippen LogP contribution in [0.1, 0.15) is 40.1 Å². The highest BCUT2D eigenvalue weighted by atomic mass is 16.5. The van der Waals surface area contributed by atoms with E-state index >= 15 is 0 Å². The zero-order valence-electron chi connectivity index (χ0n) is 12.0. The summed E-state index contributed by atoms with van der Waals surface area (Å²) in [4.78, 5) is 11.3. The molecule has 2 aromatic rings. The summed E-state index contributed by atoms with van der Waals surface area (Å²) in [6.45, 7) is 4.25. The van der Waals surface area contributed by atoms with E-state index < -0.39 is 12.1 Å². The molecule has 1 unspecified atom stereocenters.